The molecule has 0 amide bonds. The zero-order valence-electron chi connectivity index (χ0n) is 8.14. The summed E-state index contributed by atoms with van der Waals surface area (Å²) in [6.07, 6.45) is 0.491. The van der Waals surface area contributed by atoms with Crippen LogP contribution in [0.25, 0.3) is 0 Å². The maximum Gasteiger partial charge on any atom is 0.304 e. The summed E-state index contributed by atoms with van der Waals surface area (Å²) in [5.74, 6) is -0.803. The molecule has 1 aliphatic rings. The van der Waals surface area contributed by atoms with Gasteiger partial charge < -0.3 is 10.0 Å². The molecular formula is C8H15NO4S. The van der Waals surface area contributed by atoms with Crippen LogP contribution in [0.15, 0.2) is 0 Å². The smallest absolute Gasteiger partial charge is 0.304 e. The van der Waals surface area contributed by atoms with Gasteiger partial charge in [-0.3, -0.25) is 4.79 Å². The van der Waals surface area contributed by atoms with Crippen LogP contribution in [0.2, 0.25) is 0 Å². The first-order chi connectivity index (χ1) is 6.41. The molecular weight excluding hydrogens is 206 g/mol. The first kappa shape index (κ1) is 11.5. The Morgan fingerprint density at radius 3 is 2.79 bits per heavy atom. The largest absolute Gasteiger partial charge is 0.481 e. The maximum absolute atomic E-state index is 11.4. The highest BCUT2D eigenvalue weighted by molar-refractivity contribution is 7.91. The minimum Gasteiger partial charge on any atom is -0.481 e. The van der Waals surface area contributed by atoms with Gasteiger partial charge in [-0.1, -0.05) is 0 Å². The molecule has 82 valence electrons. The molecule has 1 unspecified atom stereocenters. The highest BCUT2D eigenvalue weighted by atomic mass is 32.2. The van der Waals surface area contributed by atoms with Gasteiger partial charge in [0, 0.05) is 6.04 Å². The zero-order valence-corrected chi connectivity index (χ0v) is 8.96. The molecule has 0 aliphatic carbocycles. The van der Waals surface area contributed by atoms with Crippen LogP contribution in [-0.2, 0) is 14.6 Å². The van der Waals surface area contributed by atoms with Gasteiger partial charge in [0.15, 0.2) is 9.84 Å². The number of aliphatic carboxylic acids is 1. The summed E-state index contributed by atoms with van der Waals surface area (Å²) in [5.41, 5.74) is 0. The van der Waals surface area contributed by atoms with Gasteiger partial charge in [-0.2, -0.15) is 0 Å². The molecule has 6 heteroatoms. The van der Waals surface area contributed by atoms with Crippen LogP contribution < -0.4 is 0 Å². The normalized spacial score (nSPS) is 28.2. The number of carbonyl (C=O) groups is 1. The highest BCUT2D eigenvalue weighted by Gasteiger charge is 2.27. The van der Waals surface area contributed by atoms with E-state index < -0.39 is 15.8 Å². The van der Waals surface area contributed by atoms with Crippen molar-refractivity contribution in [2.45, 2.75) is 18.9 Å². The van der Waals surface area contributed by atoms with Crippen molar-refractivity contribution >= 4 is 15.8 Å². The van der Waals surface area contributed by atoms with E-state index in [0.29, 0.717) is 13.0 Å². The first-order valence-electron chi connectivity index (χ1n) is 4.53. The third-order valence-corrected chi connectivity index (χ3v) is 4.25. The molecule has 0 bridgehead atoms. The SMILES string of the molecule is CN1CCCS(=O)(=O)CC1CC(=O)O. The number of sulfone groups is 1. The Bertz CT molecular complexity index is 311. The fourth-order valence-electron chi connectivity index (χ4n) is 1.64. The van der Waals surface area contributed by atoms with Crippen molar-refractivity contribution in [2.24, 2.45) is 0 Å². The Balaban J connectivity index is 2.74. The van der Waals surface area contributed by atoms with Crippen molar-refractivity contribution in [1.29, 1.82) is 0 Å². The van der Waals surface area contributed by atoms with Crippen LogP contribution >= 0.6 is 0 Å². The second kappa shape index (κ2) is 4.27. The lowest BCUT2D eigenvalue weighted by Crippen LogP contribution is -2.37. The molecule has 0 aromatic carbocycles. The van der Waals surface area contributed by atoms with E-state index in [4.69, 9.17) is 5.11 Å². The lowest BCUT2D eigenvalue weighted by Gasteiger charge is -2.22. The molecule has 1 heterocycles. The van der Waals surface area contributed by atoms with Gasteiger partial charge in [0.1, 0.15) is 0 Å². The third kappa shape index (κ3) is 3.26. The average Bonchev–Trinajstić information content (AvgIpc) is 2.10. The van der Waals surface area contributed by atoms with Gasteiger partial charge >= 0.3 is 5.97 Å². The molecule has 5 nitrogen and oxygen atoms in total. The molecule has 1 saturated heterocycles. The van der Waals surface area contributed by atoms with E-state index in [-0.39, 0.29) is 24.0 Å². The minimum absolute atomic E-state index is 0.0319. The third-order valence-electron chi connectivity index (χ3n) is 2.45. The Labute approximate surface area is 83.6 Å². The van der Waals surface area contributed by atoms with Crippen molar-refractivity contribution in [3.05, 3.63) is 0 Å². The Morgan fingerprint density at radius 1 is 1.57 bits per heavy atom. The number of nitrogens with zero attached hydrogens (tertiary/aromatic N) is 1. The summed E-state index contributed by atoms with van der Waals surface area (Å²) in [6, 6.07) is -0.375. The van der Waals surface area contributed by atoms with Crippen molar-refractivity contribution in [1.82, 2.24) is 4.90 Å². The van der Waals surface area contributed by atoms with Crippen LogP contribution in [0, 0.1) is 0 Å². The molecule has 1 atom stereocenters. The van der Waals surface area contributed by atoms with Crippen LogP contribution in [0.1, 0.15) is 12.8 Å². The summed E-state index contributed by atoms with van der Waals surface area (Å²) in [4.78, 5) is 12.3. The second-order valence-corrected chi connectivity index (χ2v) is 5.93. The fraction of sp³-hybridized carbons (Fsp3) is 0.875. The van der Waals surface area contributed by atoms with Crippen LogP contribution in [0.5, 0.6) is 0 Å². The molecule has 0 radical (unpaired) electrons. The lowest BCUT2D eigenvalue weighted by molar-refractivity contribution is -0.138. The average molecular weight is 221 g/mol. The van der Waals surface area contributed by atoms with Crippen LogP contribution in [0.4, 0.5) is 0 Å². The molecule has 1 fully saturated rings. The van der Waals surface area contributed by atoms with Crippen LogP contribution in [-0.4, -0.2) is 55.5 Å². The van der Waals surface area contributed by atoms with Gasteiger partial charge in [-0.15, -0.1) is 0 Å². The highest BCUT2D eigenvalue weighted by Crippen LogP contribution is 2.12. The minimum atomic E-state index is -3.05. The Morgan fingerprint density at radius 2 is 2.21 bits per heavy atom. The second-order valence-electron chi connectivity index (χ2n) is 3.70. The number of carboxylic acids is 1. The summed E-state index contributed by atoms with van der Waals surface area (Å²) in [5, 5.41) is 8.62. The number of carboxylic acid groups (broad SMARTS) is 1. The topological polar surface area (TPSA) is 74.7 Å². The van der Waals surface area contributed by atoms with E-state index in [2.05, 4.69) is 0 Å². The van der Waals surface area contributed by atoms with E-state index in [1.807, 2.05) is 4.90 Å². The van der Waals surface area contributed by atoms with Crippen molar-refractivity contribution in [2.75, 3.05) is 25.1 Å². The van der Waals surface area contributed by atoms with E-state index in [1.54, 1.807) is 7.05 Å². The number of rotatable bonds is 2. The van der Waals surface area contributed by atoms with E-state index in [1.165, 1.54) is 0 Å². The van der Waals surface area contributed by atoms with Crippen molar-refractivity contribution in [3.8, 4) is 0 Å². The predicted octanol–water partition coefficient (Wildman–Crippen LogP) is -0.420. The molecule has 1 rings (SSSR count). The van der Waals surface area contributed by atoms with Gasteiger partial charge in [0.05, 0.1) is 17.9 Å². The standard InChI is InChI=1S/C8H15NO4S/c1-9-3-2-4-14(12,13)6-7(9)5-8(10)11/h7H,2-6H2,1H3,(H,10,11). The molecule has 0 spiro atoms. The van der Waals surface area contributed by atoms with Crippen molar-refractivity contribution < 1.29 is 18.3 Å². The molecule has 0 aromatic heterocycles. The molecule has 1 aliphatic heterocycles. The van der Waals surface area contributed by atoms with Crippen LogP contribution in [0.3, 0.4) is 0 Å². The lowest BCUT2D eigenvalue weighted by atomic mass is 10.2. The van der Waals surface area contributed by atoms with E-state index in [0.717, 1.165) is 0 Å². The molecule has 0 aromatic rings. The first-order valence-corrected chi connectivity index (χ1v) is 6.35. The van der Waals surface area contributed by atoms with Gasteiger partial charge in [0.25, 0.3) is 0 Å². The van der Waals surface area contributed by atoms with E-state index in [9.17, 15) is 13.2 Å². The monoisotopic (exact) mass is 221 g/mol. The number of hydrogen-bond donors (Lipinski definition) is 1. The van der Waals surface area contributed by atoms with Gasteiger partial charge in [0.2, 0.25) is 0 Å². The summed E-state index contributed by atoms with van der Waals surface area (Å²) >= 11 is 0. The van der Waals surface area contributed by atoms with E-state index >= 15 is 0 Å². The summed E-state index contributed by atoms with van der Waals surface area (Å²) in [7, 11) is -1.28. The molecule has 14 heavy (non-hydrogen) atoms. The summed E-state index contributed by atoms with van der Waals surface area (Å²) < 4.78 is 22.8. The van der Waals surface area contributed by atoms with Gasteiger partial charge in [-0.25, -0.2) is 8.42 Å². The quantitative estimate of drug-likeness (QED) is 0.685. The Hall–Kier alpha value is -0.620. The van der Waals surface area contributed by atoms with Gasteiger partial charge in [-0.05, 0) is 20.0 Å². The Kier molecular flexibility index (Phi) is 3.49. The number of hydrogen-bond acceptors (Lipinski definition) is 4. The summed E-state index contributed by atoms with van der Waals surface area (Å²) in [6.45, 7) is 0.650. The molecule has 1 N–H and O–H groups in total. The fourth-order valence-corrected chi connectivity index (χ4v) is 3.33. The zero-order chi connectivity index (χ0) is 10.8. The predicted molar refractivity (Wildman–Crippen MR) is 51.9 cm³/mol. The molecule has 0 saturated carbocycles. The van der Waals surface area contributed by atoms with Crippen molar-refractivity contribution in [3.63, 3.8) is 0 Å². The maximum atomic E-state index is 11.4.